The first-order valence-corrected chi connectivity index (χ1v) is 17.1. The van der Waals surface area contributed by atoms with Gasteiger partial charge in [-0.1, -0.05) is 133 Å². The Labute approximate surface area is 287 Å². The molecule has 2 heteroatoms. The molecule has 0 aliphatic carbocycles. The molecule has 0 saturated carbocycles. The molecule has 0 spiro atoms. The van der Waals surface area contributed by atoms with E-state index in [0.717, 1.165) is 55.0 Å². The van der Waals surface area contributed by atoms with E-state index in [4.69, 9.17) is 8.83 Å². The number of hydrogen-bond acceptors (Lipinski definition) is 2. The Morgan fingerprint density at radius 1 is 0.240 bits per heavy atom. The van der Waals surface area contributed by atoms with Crippen molar-refractivity contribution in [2.75, 3.05) is 0 Å². The molecule has 0 amide bonds. The quantitative estimate of drug-likeness (QED) is 0.180. The van der Waals surface area contributed by atoms with Gasteiger partial charge in [0.2, 0.25) is 0 Å². The molecule has 2 nitrogen and oxygen atoms in total. The molecule has 2 heterocycles. The average molecular weight is 637 g/mol. The molecule has 9 aromatic carbocycles. The van der Waals surface area contributed by atoms with E-state index in [9.17, 15) is 0 Å². The van der Waals surface area contributed by atoms with E-state index in [1.807, 2.05) is 18.2 Å². The van der Waals surface area contributed by atoms with Gasteiger partial charge >= 0.3 is 0 Å². The van der Waals surface area contributed by atoms with Crippen LogP contribution in [0.4, 0.5) is 0 Å². The molecule has 0 bridgehead atoms. The third-order valence-electron chi connectivity index (χ3n) is 10.4. The fourth-order valence-electron chi connectivity index (χ4n) is 8.10. The summed E-state index contributed by atoms with van der Waals surface area (Å²) in [5.74, 6) is 0. The summed E-state index contributed by atoms with van der Waals surface area (Å²) < 4.78 is 12.6. The van der Waals surface area contributed by atoms with Crippen LogP contribution in [0.2, 0.25) is 0 Å². The molecule has 50 heavy (non-hydrogen) atoms. The molecule has 0 radical (unpaired) electrons. The molecular formula is C48H28O2. The first-order chi connectivity index (χ1) is 24.8. The summed E-state index contributed by atoms with van der Waals surface area (Å²) in [6, 6.07) is 61.0. The van der Waals surface area contributed by atoms with Crippen molar-refractivity contribution >= 4 is 76.2 Å². The van der Waals surface area contributed by atoms with Crippen molar-refractivity contribution in [1.82, 2.24) is 0 Å². The molecule has 11 aromatic rings. The lowest BCUT2D eigenvalue weighted by Crippen LogP contribution is -1.91. The predicted octanol–water partition coefficient (Wildman–Crippen LogP) is 13.9. The highest BCUT2D eigenvalue weighted by molar-refractivity contribution is 6.22. The van der Waals surface area contributed by atoms with Crippen LogP contribution < -0.4 is 0 Å². The van der Waals surface area contributed by atoms with Gasteiger partial charge in [0.25, 0.3) is 0 Å². The lowest BCUT2D eigenvalue weighted by Gasteiger charge is -2.18. The van der Waals surface area contributed by atoms with Gasteiger partial charge in [-0.05, 0) is 102 Å². The normalized spacial score (nSPS) is 12.0. The van der Waals surface area contributed by atoms with Crippen LogP contribution in [0, 0.1) is 0 Å². The predicted molar refractivity (Wildman–Crippen MR) is 210 cm³/mol. The summed E-state index contributed by atoms with van der Waals surface area (Å²) >= 11 is 0. The number of fused-ring (bicyclic) bond motifs is 9. The molecule has 0 saturated heterocycles. The zero-order valence-corrected chi connectivity index (χ0v) is 27.0. The Morgan fingerprint density at radius 2 is 0.700 bits per heavy atom. The summed E-state index contributed by atoms with van der Waals surface area (Å²) in [6.07, 6.45) is 0. The van der Waals surface area contributed by atoms with Crippen LogP contribution in [-0.4, -0.2) is 0 Å². The van der Waals surface area contributed by atoms with Gasteiger partial charge in [0.15, 0.2) is 0 Å². The van der Waals surface area contributed by atoms with Gasteiger partial charge in [0.05, 0.1) is 0 Å². The summed E-state index contributed by atoms with van der Waals surface area (Å²) in [5.41, 5.74) is 10.8. The first-order valence-electron chi connectivity index (χ1n) is 17.1. The fourth-order valence-corrected chi connectivity index (χ4v) is 8.10. The van der Waals surface area contributed by atoms with Crippen LogP contribution in [0.3, 0.4) is 0 Å². The van der Waals surface area contributed by atoms with Crippen LogP contribution in [0.5, 0.6) is 0 Å². The van der Waals surface area contributed by atoms with Crippen molar-refractivity contribution < 1.29 is 8.83 Å². The molecular weight excluding hydrogens is 609 g/mol. The van der Waals surface area contributed by atoms with Crippen molar-refractivity contribution in [2.45, 2.75) is 0 Å². The van der Waals surface area contributed by atoms with Gasteiger partial charge in [-0.2, -0.15) is 0 Å². The van der Waals surface area contributed by atoms with Crippen LogP contribution >= 0.6 is 0 Å². The highest BCUT2D eigenvalue weighted by Gasteiger charge is 2.18. The van der Waals surface area contributed by atoms with Crippen molar-refractivity contribution in [1.29, 1.82) is 0 Å². The second-order valence-electron chi connectivity index (χ2n) is 13.2. The molecule has 0 fully saturated rings. The molecule has 0 aliphatic rings. The molecule has 0 atom stereocenters. The van der Waals surface area contributed by atoms with Gasteiger partial charge in [0, 0.05) is 21.5 Å². The van der Waals surface area contributed by atoms with Crippen molar-refractivity contribution in [3.8, 4) is 33.4 Å². The number of furan rings is 2. The van der Waals surface area contributed by atoms with Crippen molar-refractivity contribution in [3.63, 3.8) is 0 Å². The number of para-hydroxylation sites is 1. The number of benzene rings is 9. The Morgan fingerprint density at radius 3 is 1.38 bits per heavy atom. The minimum atomic E-state index is 0.873. The minimum Gasteiger partial charge on any atom is -0.456 e. The maximum absolute atomic E-state index is 6.46. The average Bonchev–Trinajstić information content (AvgIpc) is 3.72. The van der Waals surface area contributed by atoms with Gasteiger partial charge < -0.3 is 8.83 Å². The van der Waals surface area contributed by atoms with E-state index in [2.05, 4.69) is 152 Å². The Balaban J connectivity index is 1.03. The third kappa shape index (κ3) is 4.03. The maximum atomic E-state index is 6.46. The standard InChI is InChI=1S/C48H28O2/c1-2-10-32-25-34(22-19-29(32)9-1)48-39-14-5-3-12-37(39)47(38-13-4-6-15-40(38)48)31-20-17-30(18-21-31)33-23-24-36-42-28-45-41(27-46(42)50-44(36)26-33)35-11-7-8-16-43(35)49-45/h1-28H. The van der Waals surface area contributed by atoms with Crippen LogP contribution in [0.25, 0.3) is 110 Å². The van der Waals surface area contributed by atoms with E-state index >= 15 is 0 Å². The van der Waals surface area contributed by atoms with E-state index in [0.29, 0.717) is 0 Å². The Kier molecular flexibility index (Phi) is 5.70. The van der Waals surface area contributed by atoms with Gasteiger partial charge in [0.1, 0.15) is 22.3 Å². The SMILES string of the molecule is c1ccc2cc(-c3c4ccccc4c(-c4ccc(-c5ccc6c(c5)oc5cc7c(cc56)oc5ccccc57)cc4)c4ccccc34)ccc2c1. The molecule has 11 rings (SSSR count). The smallest absolute Gasteiger partial charge is 0.136 e. The highest BCUT2D eigenvalue weighted by atomic mass is 16.3. The molecule has 0 aliphatic heterocycles. The second kappa shape index (κ2) is 10.4. The summed E-state index contributed by atoms with van der Waals surface area (Å²) in [6.45, 7) is 0. The summed E-state index contributed by atoms with van der Waals surface area (Å²) in [7, 11) is 0. The lowest BCUT2D eigenvalue weighted by molar-refractivity contribution is 0.664. The molecule has 0 unspecified atom stereocenters. The Hall–Kier alpha value is -6.64. The van der Waals surface area contributed by atoms with Gasteiger partial charge in [-0.3, -0.25) is 0 Å². The number of hydrogen-bond donors (Lipinski definition) is 0. The zero-order valence-electron chi connectivity index (χ0n) is 27.0. The van der Waals surface area contributed by atoms with Crippen molar-refractivity contribution in [2.24, 2.45) is 0 Å². The van der Waals surface area contributed by atoms with Gasteiger partial charge in [-0.25, -0.2) is 0 Å². The van der Waals surface area contributed by atoms with E-state index in [1.54, 1.807) is 0 Å². The van der Waals surface area contributed by atoms with Crippen molar-refractivity contribution in [3.05, 3.63) is 170 Å². The molecule has 232 valence electrons. The first kappa shape index (κ1) is 27.3. The zero-order chi connectivity index (χ0) is 32.8. The monoisotopic (exact) mass is 636 g/mol. The van der Waals surface area contributed by atoms with E-state index < -0.39 is 0 Å². The highest BCUT2D eigenvalue weighted by Crippen LogP contribution is 2.45. The largest absolute Gasteiger partial charge is 0.456 e. The third-order valence-corrected chi connectivity index (χ3v) is 10.4. The topological polar surface area (TPSA) is 26.3 Å². The van der Waals surface area contributed by atoms with Crippen LogP contribution in [0.15, 0.2) is 179 Å². The molecule has 2 aromatic heterocycles. The maximum Gasteiger partial charge on any atom is 0.136 e. The van der Waals surface area contributed by atoms with Gasteiger partial charge in [-0.15, -0.1) is 0 Å². The fraction of sp³-hybridized carbons (Fsp3) is 0. The summed E-state index contributed by atoms with van der Waals surface area (Å²) in [4.78, 5) is 0. The van der Waals surface area contributed by atoms with Crippen LogP contribution in [-0.2, 0) is 0 Å². The minimum absolute atomic E-state index is 0.873. The van der Waals surface area contributed by atoms with E-state index in [1.165, 1.54) is 54.6 Å². The van der Waals surface area contributed by atoms with E-state index in [-0.39, 0.29) is 0 Å². The Bertz CT molecular complexity index is 3080. The second-order valence-corrected chi connectivity index (χ2v) is 13.2. The number of rotatable bonds is 3. The van der Waals surface area contributed by atoms with Crippen LogP contribution in [0.1, 0.15) is 0 Å². The summed E-state index contributed by atoms with van der Waals surface area (Å²) in [5, 5.41) is 11.9. The lowest BCUT2D eigenvalue weighted by atomic mass is 9.85. The molecule has 0 N–H and O–H groups in total.